The second kappa shape index (κ2) is 8.32. The first-order valence-corrected chi connectivity index (χ1v) is 11.1. The highest BCUT2D eigenvalue weighted by Crippen LogP contribution is 2.28. The van der Waals surface area contributed by atoms with Gasteiger partial charge in [0.15, 0.2) is 0 Å². The number of likely N-dealkylation sites (tertiary alicyclic amines) is 1. The van der Waals surface area contributed by atoms with Crippen LogP contribution in [0.15, 0.2) is 53.7 Å². The summed E-state index contributed by atoms with van der Waals surface area (Å²) in [5, 5.41) is 12.1. The van der Waals surface area contributed by atoms with Crippen LogP contribution in [0.25, 0.3) is 11.0 Å². The molecule has 0 aliphatic carbocycles. The van der Waals surface area contributed by atoms with Crippen LogP contribution in [0.5, 0.6) is 0 Å². The molecule has 5 rings (SSSR count). The lowest BCUT2D eigenvalue weighted by Gasteiger charge is -2.18. The minimum absolute atomic E-state index is 0.0854. The fourth-order valence-electron chi connectivity index (χ4n) is 4.68. The molecular weight excluding hydrogens is 418 g/mol. The number of hydrogen-bond donors (Lipinski definition) is 1. The average Bonchev–Trinajstić information content (AvgIpc) is 3.51. The fraction of sp³-hybridized carbons (Fsp3) is 0.333. The SMILES string of the molecule is Cc1cnn(C2CCN(Cc3ccccc3)C2)c1NC(=O)c1cn(C)c2c(cnn2C)c1=O. The Morgan fingerprint density at radius 2 is 1.94 bits per heavy atom. The van der Waals surface area contributed by atoms with Crippen LogP contribution in [0.3, 0.4) is 0 Å². The van der Waals surface area contributed by atoms with Crippen LogP contribution >= 0.6 is 0 Å². The first-order chi connectivity index (χ1) is 15.9. The lowest BCUT2D eigenvalue weighted by molar-refractivity contribution is 0.102. The lowest BCUT2D eigenvalue weighted by Crippen LogP contribution is -2.26. The van der Waals surface area contributed by atoms with Crippen molar-refractivity contribution in [1.29, 1.82) is 0 Å². The molecule has 0 saturated carbocycles. The number of amides is 1. The second-order valence-corrected chi connectivity index (χ2v) is 8.73. The van der Waals surface area contributed by atoms with Crippen molar-refractivity contribution in [1.82, 2.24) is 29.0 Å². The van der Waals surface area contributed by atoms with Crippen molar-refractivity contribution in [3.05, 3.63) is 75.8 Å². The highest BCUT2D eigenvalue weighted by atomic mass is 16.2. The van der Waals surface area contributed by atoms with Gasteiger partial charge in [-0.1, -0.05) is 30.3 Å². The molecule has 170 valence electrons. The summed E-state index contributed by atoms with van der Waals surface area (Å²) in [7, 11) is 3.57. The first kappa shape index (κ1) is 21.1. The molecule has 1 fully saturated rings. The number of anilines is 1. The maximum atomic E-state index is 13.2. The minimum Gasteiger partial charge on any atom is -0.335 e. The van der Waals surface area contributed by atoms with E-state index in [2.05, 4.69) is 44.7 Å². The van der Waals surface area contributed by atoms with Crippen molar-refractivity contribution < 1.29 is 4.79 Å². The summed E-state index contributed by atoms with van der Waals surface area (Å²) in [6, 6.07) is 10.6. The van der Waals surface area contributed by atoms with Crippen molar-refractivity contribution in [3.8, 4) is 0 Å². The summed E-state index contributed by atoms with van der Waals surface area (Å²) < 4.78 is 5.27. The number of fused-ring (bicyclic) bond motifs is 1. The number of nitrogens with one attached hydrogen (secondary N) is 1. The largest absolute Gasteiger partial charge is 0.335 e. The minimum atomic E-state index is -0.439. The number of nitrogens with zero attached hydrogens (tertiary/aromatic N) is 6. The van der Waals surface area contributed by atoms with Crippen molar-refractivity contribution in [3.63, 3.8) is 0 Å². The molecule has 1 amide bonds. The lowest BCUT2D eigenvalue weighted by atomic mass is 10.2. The predicted octanol–water partition coefficient (Wildman–Crippen LogP) is 2.48. The zero-order chi connectivity index (χ0) is 23.1. The third kappa shape index (κ3) is 3.84. The molecule has 4 heterocycles. The van der Waals surface area contributed by atoms with Gasteiger partial charge in [0.25, 0.3) is 5.91 Å². The van der Waals surface area contributed by atoms with E-state index in [1.54, 1.807) is 35.7 Å². The number of carbonyl (C=O) groups is 1. The van der Waals surface area contributed by atoms with E-state index in [4.69, 9.17) is 0 Å². The molecule has 0 radical (unpaired) electrons. The van der Waals surface area contributed by atoms with Crippen LogP contribution in [0.4, 0.5) is 5.82 Å². The van der Waals surface area contributed by atoms with E-state index in [0.29, 0.717) is 16.9 Å². The van der Waals surface area contributed by atoms with Gasteiger partial charge in [-0.15, -0.1) is 0 Å². The third-order valence-electron chi connectivity index (χ3n) is 6.35. The predicted molar refractivity (Wildman–Crippen MR) is 126 cm³/mol. The Hall–Kier alpha value is -3.72. The van der Waals surface area contributed by atoms with Gasteiger partial charge >= 0.3 is 0 Å². The molecule has 1 saturated heterocycles. The molecule has 1 N–H and O–H groups in total. The highest BCUT2D eigenvalue weighted by molar-refractivity contribution is 6.05. The van der Waals surface area contributed by atoms with Gasteiger partial charge in [0.05, 0.1) is 23.8 Å². The highest BCUT2D eigenvalue weighted by Gasteiger charge is 2.28. The van der Waals surface area contributed by atoms with E-state index in [1.807, 2.05) is 17.7 Å². The molecule has 1 atom stereocenters. The Balaban J connectivity index is 1.37. The summed E-state index contributed by atoms with van der Waals surface area (Å²) >= 11 is 0. The zero-order valence-electron chi connectivity index (χ0n) is 19.0. The van der Waals surface area contributed by atoms with Gasteiger partial charge in [-0.05, 0) is 18.9 Å². The Kier molecular flexibility index (Phi) is 5.33. The molecule has 4 aromatic rings. The fourth-order valence-corrected chi connectivity index (χ4v) is 4.68. The van der Waals surface area contributed by atoms with Gasteiger partial charge < -0.3 is 9.88 Å². The molecule has 3 aromatic heterocycles. The van der Waals surface area contributed by atoms with Crippen LogP contribution in [0.2, 0.25) is 0 Å². The number of benzene rings is 1. The maximum absolute atomic E-state index is 13.2. The van der Waals surface area contributed by atoms with E-state index in [9.17, 15) is 9.59 Å². The molecule has 1 aliphatic heterocycles. The summed E-state index contributed by atoms with van der Waals surface area (Å²) in [6.07, 6.45) is 5.77. The second-order valence-electron chi connectivity index (χ2n) is 8.73. The van der Waals surface area contributed by atoms with Crippen LogP contribution < -0.4 is 10.7 Å². The Bertz CT molecular complexity index is 1380. The van der Waals surface area contributed by atoms with Gasteiger partial charge in [0, 0.05) is 45.5 Å². The van der Waals surface area contributed by atoms with Crippen molar-refractivity contribution >= 4 is 22.8 Å². The van der Waals surface area contributed by atoms with Gasteiger partial charge in [-0.2, -0.15) is 10.2 Å². The van der Waals surface area contributed by atoms with Crippen LogP contribution in [0, 0.1) is 6.92 Å². The molecule has 9 heteroatoms. The number of aromatic nitrogens is 5. The molecule has 1 aliphatic rings. The number of hydrogen-bond acceptors (Lipinski definition) is 5. The Morgan fingerprint density at radius 3 is 2.73 bits per heavy atom. The number of rotatable bonds is 5. The van der Waals surface area contributed by atoms with Gasteiger partial charge in [0.2, 0.25) is 5.43 Å². The molecule has 33 heavy (non-hydrogen) atoms. The molecule has 1 unspecified atom stereocenters. The Labute approximate surface area is 191 Å². The Morgan fingerprint density at radius 1 is 1.15 bits per heavy atom. The van der Waals surface area contributed by atoms with Crippen molar-refractivity contribution in [2.24, 2.45) is 14.1 Å². The first-order valence-electron chi connectivity index (χ1n) is 11.1. The van der Waals surface area contributed by atoms with Gasteiger partial charge in [-0.25, -0.2) is 4.68 Å². The van der Waals surface area contributed by atoms with Gasteiger partial charge in [0.1, 0.15) is 17.0 Å². The molecule has 0 spiro atoms. The summed E-state index contributed by atoms with van der Waals surface area (Å²) in [5.74, 6) is 0.199. The molecule has 9 nitrogen and oxygen atoms in total. The number of carbonyl (C=O) groups excluding carboxylic acids is 1. The molecule has 1 aromatic carbocycles. The zero-order valence-corrected chi connectivity index (χ0v) is 19.0. The van der Waals surface area contributed by atoms with Crippen LogP contribution in [-0.2, 0) is 20.6 Å². The maximum Gasteiger partial charge on any atom is 0.262 e. The molecular formula is C24H27N7O2. The smallest absolute Gasteiger partial charge is 0.262 e. The van der Waals surface area contributed by atoms with Crippen molar-refractivity contribution in [2.45, 2.75) is 25.9 Å². The summed E-state index contributed by atoms with van der Waals surface area (Å²) in [5.41, 5.74) is 2.57. The monoisotopic (exact) mass is 445 g/mol. The summed E-state index contributed by atoms with van der Waals surface area (Å²) in [4.78, 5) is 28.5. The topological polar surface area (TPSA) is 90.0 Å². The van der Waals surface area contributed by atoms with E-state index < -0.39 is 5.91 Å². The molecule has 0 bridgehead atoms. The third-order valence-corrected chi connectivity index (χ3v) is 6.35. The quantitative estimate of drug-likeness (QED) is 0.510. The van der Waals surface area contributed by atoms with E-state index in [0.717, 1.165) is 31.6 Å². The van der Waals surface area contributed by atoms with Crippen molar-refractivity contribution in [2.75, 3.05) is 18.4 Å². The van der Waals surface area contributed by atoms with Crippen LogP contribution in [0.1, 0.15) is 33.9 Å². The normalized spacial score (nSPS) is 16.5. The van der Waals surface area contributed by atoms with E-state index in [1.165, 1.54) is 11.8 Å². The van der Waals surface area contributed by atoms with E-state index >= 15 is 0 Å². The number of pyridine rings is 1. The average molecular weight is 446 g/mol. The standard InChI is InChI=1S/C24H27N7O2/c1-16-11-26-31(18-9-10-30(14-18)13-17-7-5-4-6-8-17)22(16)27-23(33)20-15-28(2)24-19(21(20)32)12-25-29(24)3/h4-8,11-12,15,18H,9-10,13-14H2,1-3H3,(H,27,33). The van der Waals surface area contributed by atoms with E-state index in [-0.39, 0.29) is 17.0 Å². The summed E-state index contributed by atoms with van der Waals surface area (Å²) in [6.45, 7) is 4.62. The van der Waals surface area contributed by atoms with Gasteiger partial charge in [-0.3, -0.25) is 19.2 Å². The van der Waals surface area contributed by atoms with Crippen LogP contribution in [-0.4, -0.2) is 48.0 Å². The number of aryl methyl sites for hydroxylation is 3.